The quantitative estimate of drug-likeness (QED) is 0.759. The Morgan fingerprint density at radius 2 is 1.88 bits per heavy atom. The topological polar surface area (TPSA) is 29.5 Å². The lowest BCUT2D eigenvalue weighted by Crippen LogP contribution is -2.29. The smallest absolute Gasteiger partial charge is 0.222 e. The van der Waals surface area contributed by atoms with Gasteiger partial charge in [-0.05, 0) is 42.9 Å². The van der Waals surface area contributed by atoms with Gasteiger partial charge in [0.1, 0.15) is 0 Å². The molecule has 3 rings (SSSR count). The summed E-state index contributed by atoms with van der Waals surface area (Å²) in [5.41, 5.74) is 1.20. The van der Waals surface area contributed by atoms with Crippen molar-refractivity contribution in [3.63, 3.8) is 0 Å². The molecule has 1 atom stereocenters. The van der Waals surface area contributed by atoms with Crippen molar-refractivity contribution in [2.75, 3.05) is 19.7 Å². The van der Waals surface area contributed by atoms with Crippen molar-refractivity contribution in [3.8, 4) is 5.75 Å². The number of carbonyl (C=O) groups is 1. The maximum absolute atomic E-state index is 13.5. The zero-order chi connectivity index (χ0) is 17.5. The van der Waals surface area contributed by atoms with E-state index in [9.17, 15) is 9.18 Å². The third-order valence-corrected chi connectivity index (χ3v) is 4.73. The summed E-state index contributed by atoms with van der Waals surface area (Å²) in [5, 5.41) is 0. The molecule has 1 unspecified atom stereocenters. The van der Waals surface area contributed by atoms with E-state index in [0.29, 0.717) is 24.7 Å². The van der Waals surface area contributed by atoms with Crippen molar-refractivity contribution in [2.24, 2.45) is 5.92 Å². The number of benzene rings is 2. The van der Waals surface area contributed by atoms with E-state index in [0.717, 1.165) is 32.4 Å². The fraction of sp³-hybridized carbons (Fsp3) is 0.381. The summed E-state index contributed by atoms with van der Waals surface area (Å²) in [5.74, 6) is 0.636. The number of nitrogens with zero attached hydrogens (tertiary/aromatic N) is 1. The zero-order valence-electron chi connectivity index (χ0n) is 14.4. The second kappa shape index (κ2) is 8.65. The van der Waals surface area contributed by atoms with Crippen LogP contribution < -0.4 is 4.74 Å². The molecule has 0 saturated carbocycles. The van der Waals surface area contributed by atoms with E-state index in [1.54, 1.807) is 18.2 Å². The Bertz CT molecular complexity index is 689. The predicted octanol–water partition coefficient (Wildman–Crippen LogP) is 4.08. The van der Waals surface area contributed by atoms with Crippen LogP contribution in [0.2, 0.25) is 0 Å². The summed E-state index contributed by atoms with van der Waals surface area (Å²) < 4.78 is 19.0. The second-order valence-electron chi connectivity index (χ2n) is 6.55. The molecule has 25 heavy (non-hydrogen) atoms. The van der Waals surface area contributed by atoms with Gasteiger partial charge in [-0.2, -0.15) is 0 Å². The van der Waals surface area contributed by atoms with Crippen LogP contribution in [-0.4, -0.2) is 30.5 Å². The van der Waals surface area contributed by atoms with Crippen molar-refractivity contribution in [3.05, 3.63) is 66.0 Å². The first kappa shape index (κ1) is 17.5. The molecule has 1 amide bonds. The molecule has 3 nitrogen and oxygen atoms in total. The third-order valence-electron chi connectivity index (χ3n) is 4.73. The van der Waals surface area contributed by atoms with Gasteiger partial charge in [-0.1, -0.05) is 42.5 Å². The summed E-state index contributed by atoms with van der Waals surface area (Å²) in [6.07, 6.45) is 3.19. The second-order valence-corrected chi connectivity index (χ2v) is 6.55. The molecule has 1 fully saturated rings. The van der Waals surface area contributed by atoms with Crippen LogP contribution in [0.5, 0.6) is 5.75 Å². The standard InChI is InChI=1S/C21H24FNO2/c22-19-8-4-5-9-20(19)25-15-13-18-12-14-23(16-18)21(24)11-10-17-6-2-1-3-7-17/h1-9,18H,10-16H2. The first-order valence-corrected chi connectivity index (χ1v) is 8.91. The van der Waals surface area contributed by atoms with Crippen molar-refractivity contribution < 1.29 is 13.9 Å². The first-order valence-electron chi connectivity index (χ1n) is 8.91. The minimum atomic E-state index is -0.327. The molecule has 0 radical (unpaired) electrons. The van der Waals surface area contributed by atoms with Gasteiger partial charge in [0.25, 0.3) is 0 Å². The van der Waals surface area contributed by atoms with Crippen LogP contribution in [-0.2, 0) is 11.2 Å². The van der Waals surface area contributed by atoms with Gasteiger partial charge in [0.05, 0.1) is 6.61 Å². The van der Waals surface area contributed by atoms with Gasteiger partial charge in [0, 0.05) is 19.5 Å². The Morgan fingerprint density at radius 3 is 2.68 bits per heavy atom. The number of aryl methyl sites for hydroxylation is 1. The molecule has 0 bridgehead atoms. The number of likely N-dealkylation sites (tertiary alicyclic amines) is 1. The minimum Gasteiger partial charge on any atom is -0.491 e. The number of hydrogen-bond acceptors (Lipinski definition) is 2. The summed E-state index contributed by atoms with van der Waals surface area (Å²) >= 11 is 0. The van der Waals surface area contributed by atoms with Crippen LogP contribution in [0.25, 0.3) is 0 Å². The van der Waals surface area contributed by atoms with E-state index in [1.165, 1.54) is 11.6 Å². The molecule has 1 heterocycles. The third kappa shape index (κ3) is 5.05. The Kier molecular flexibility index (Phi) is 6.04. The molecule has 132 valence electrons. The molecule has 1 saturated heterocycles. The average Bonchev–Trinajstić information content (AvgIpc) is 3.11. The fourth-order valence-corrected chi connectivity index (χ4v) is 3.25. The Morgan fingerprint density at radius 1 is 1.12 bits per heavy atom. The fourth-order valence-electron chi connectivity index (χ4n) is 3.25. The normalized spacial score (nSPS) is 16.8. The van der Waals surface area contributed by atoms with Crippen LogP contribution in [0.15, 0.2) is 54.6 Å². The highest BCUT2D eigenvalue weighted by Crippen LogP contribution is 2.22. The number of amides is 1. The summed E-state index contributed by atoms with van der Waals surface area (Å²) in [6.45, 7) is 2.09. The highest BCUT2D eigenvalue weighted by Gasteiger charge is 2.25. The van der Waals surface area contributed by atoms with Crippen molar-refractivity contribution >= 4 is 5.91 Å². The van der Waals surface area contributed by atoms with Gasteiger partial charge in [-0.25, -0.2) is 4.39 Å². The van der Waals surface area contributed by atoms with Crippen molar-refractivity contribution in [1.29, 1.82) is 0 Å². The maximum Gasteiger partial charge on any atom is 0.222 e. The first-order chi connectivity index (χ1) is 12.2. The lowest BCUT2D eigenvalue weighted by atomic mass is 10.1. The van der Waals surface area contributed by atoms with Crippen LogP contribution in [0.3, 0.4) is 0 Å². The van der Waals surface area contributed by atoms with Gasteiger partial charge in [-0.15, -0.1) is 0 Å². The number of para-hydroxylation sites is 1. The highest BCUT2D eigenvalue weighted by atomic mass is 19.1. The van der Waals surface area contributed by atoms with Gasteiger partial charge >= 0.3 is 0 Å². The molecule has 0 spiro atoms. The molecule has 2 aromatic carbocycles. The van der Waals surface area contributed by atoms with Gasteiger partial charge in [0.2, 0.25) is 5.91 Å². The van der Waals surface area contributed by atoms with Gasteiger partial charge < -0.3 is 9.64 Å². The van der Waals surface area contributed by atoms with E-state index < -0.39 is 0 Å². The molecule has 1 aliphatic heterocycles. The number of hydrogen-bond donors (Lipinski definition) is 0. The number of carbonyl (C=O) groups excluding carboxylic acids is 1. The largest absolute Gasteiger partial charge is 0.491 e. The molecule has 0 aromatic heterocycles. The van der Waals surface area contributed by atoms with E-state index in [2.05, 4.69) is 12.1 Å². The molecular formula is C21H24FNO2. The molecule has 0 N–H and O–H groups in total. The van der Waals surface area contributed by atoms with Crippen LogP contribution in [0, 0.1) is 11.7 Å². The van der Waals surface area contributed by atoms with Crippen molar-refractivity contribution in [2.45, 2.75) is 25.7 Å². The minimum absolute atomic E-state index is 0.223. The zero-order valence-corrected chi connectivity index (χ0v) is 14.4. The Hall–Kier alpha value is -2.36. The summed E-state index contributed by atoms with van der Waals surface area (Å²) in [6, 6.07) is 16.6. The number of rotatable bonds is 7. The molecule has 0 aliphatic carbocycles. The van der Waals surface area contributed by atoms with Crippen LogP contribution >= 0.6 is 0 Å². The van der Waals surface area contributed by atoms with E-state index in [1.807, 2.05) is 23.1 Å². The van der Waals surface area contributed by atoms with Crippen LogP contribution in [0.1, 0.15) is 24.8 Å². The summed E-state index contributed by atoms with van der Waals surface area (Å²) in [7, 11) is 0. The van der Waals surface area contributed by atoms with Crippen molar-refractivity contribution in [1.82, 2.24) is 4.90 Å². The highest BCUT2D eigenvalue weighted by molar-refractivity contribution is 5.76. The van der Waals surface area contributed by atoms with Crippen LogP contribution in [0.4, 0.5) is 4.39 Å². The molecular weight excluding hydrogens is 317 g/mol. The molecule has 1 aliphatic rings. The SMILES string of the molecule is O=C(CCc1ccccc1)N1CCC(CCOc2ccccc2F)C1. The van der Waals surface area contributed by atoms with E-state index >= 15 is 0 Å². The Labute approximate surface area is 148 Å². The monoisotopic (exact) mass is 341 g/mol. The number of ether oxygens (including phenoxy) is 1. The van der Waals surface area contributed by atoms with E-state index in [-0.39, 0.29) is 11.7 Å². The van der Waals surface area contributed by atoms with E-state index in [4.69, 9.17) is 4.74 Å². The summed E-state index contributed by atoms with van der Waals surface area (Å²) in [4.78, 5) is 14.3. The average molecular weight is 341 g/mol. The van der Waals surface area contributed by atoms with Gasteiger partial charge in [0.15, 0.2) is 11.6 Å². The predicted molar refractivity (Wildman–Crippen MR) is 96.0 cm³/mol. The maximum atomic E-state index is 13.5. The van der Waals surface area contributed by atoms with Gasteiger partial charge in [-0.3, -0.25) is 4.79 Å². The Balaban J connectivity index is 1.38. The lowest BCUT2D eigenvalue weighted by Gasteiger charge is -2.17. The number of halogens is 1. The molecule has 4 heteroatoms. The lowest BCUT2D eigenvalue weighted by molar-refractivity contribution is -0.130. The molecule has 2 aromatic rings.